The highest BCUT2D eigenvalue weighted by Crippen LogP contribution is 2.40. The molecule has 0 aromatic heterocycles. The highest BCUT2D eigenvalue weighted by molar-refractivity contribution is 7.89. The molecule has 1 heterocycles. The molecule has 0 N–H and O–H groups in total. The third-order valence-corrected chi connectivity index (χ3v) is 8.49. The Balaban J connectivity index is 2.21. The Bertz CT molecular complexity index is 1160. The van der Waals surface area contributed by atoms with Crippen molar-refractivity contribution in [2.45, 2.75) is 90.0 Å². The van der Waals surface area contributed by atoms with Crippen LogP contribution in [0.25, 0.3) is 0 Å². The van der Waals surface area contributed by atoms with E-state index < -0.39 is 22.1 Å². The van der Waals surface area contributed by atoms with E-state index in [1.54, 1.807) is 0 Å². The predicted molar refractivity (Wildman–Crippen MR) is 139 cm³/mol. The topological polar surface area (TPSA) is 74.8 Å². The summed E-state index contributed by atoms with van der Waals surface area (Å²) in [4.78, 5) is 28.0. The van der Waals surface area contributed by atoms with Gasteiger partial charge in [-0.05, 0) is 46.4 Å². The second-order valence-electron chi connectivity index (χ2n) is 10.3. The molecule has 1 atom stereocenters. The van der Waals surface area contributed by atoms with E-state index in [-0.39, 0.29) is 41.5 Å². The fourth-order valence-corrected chi connectivity index (χ4v) is 6.65. The van der Waals surface area contributed by atoms with E-state index >= 15 is 0 Å². The first-order valence-electron chi connectivity index (χ1n) is 12.5. The summed E-state index contributed by atoms with van der Waals surface area (Å²) in [7, 11) is -4.21. The molecule has 1 fully saturated rings. The second-order valence-corrected chi connectivity index (χ2v) is 12.1. The molecule has 3 amide bonds. The molecule has 0 aliphatic carbocycles. The van der Waals surface area contributed by atoms with Crippen molar-refractivity contribution in [2.24, 2.45) is 0 Å². The molecule has 0 bridgehead atoms. The summed E-state index contributed by atoms with van der Waals surface area (Å²) in [6, 6.07) is 11.7. The quantitative estimate of drug-likeness (QED) is 0.413. The van der Waals surface area contributed by atoms with E-state index in [1.165, 1.54) is 0 Å². The third kappa shape index (κ3) is 5.15. The normalized spacial score (nSPS) is 16.7. The summed E-state index contributed by atoms with van der Waals surface area (Å²) in [6.07, 6.45) is 0.753. The minimum absolute atomic E-state index is 0.0589. The number of hydrogen-bond acceptors (Lipinski definition) is 4. The van der Waals surface area contributed by atoms with Crippen LogP contribution in [0.4, 0.5) is 4.79 Å². The average molecular weight is 499 g/mol. The van der Waals surface area contributed by atoms with Crippen molar-refractivity contribution in [3.05, 3.63) is 64.7 Å². The van der Waals surface area contributed by atoms with E-state index in [0.29, 0.717) is 17.5 Å². The zero-order valence-corrected chi connectivity index (χ0v) is 22.7. The van der Waals surface area contributed by atoms with Gasteiger partial charge in [0.05, 0.1) is 17.5 Å². The molecule has 0 radical (unpaired) electrons. The average Bonchev–Trinajstić information content (AvgIpc) is 3.16. The minimum atomic E-state index is -4.21. The first-order valence-corrected chi connectivity index (χ1v) is 14.0. The van der Waals surface area contributed by atoms with Crippen LogP contribution in [-0.2, 0) is 14.8 Å². The largest absolute Gasteiger partial charge is 0.341 e. The number of carbonyl (C=O) groups is 2. The highest BCUT2D eigenvalue weighted by atomic mass is 32.2. The Morgan fingerprint density at radius 2 is 1.49 bits per heavy atom. The van der Waals surface area contributed by atoms with Gasteiger partial charge in [-0.3, -0.25) is 9.69 Å². The monoisotopic (exact) mass is 498 g/mol. The van der Waals surface area contributed by atoms with Gasteiger partial charge in [0, 0.05) is 6.42 Å². The molecule has 35 heavy (non-hydrogen) atoms. The van der Waals surface area contributed by atoms with Gasteiger partial charge in [-0.1, -0.05) is 90.9 Å². The molecule has 0 unspecified atom stereocenters. The SMILES string of the molecule is CCCC(=O)N1C(=O)N(S(=O)(=O)c2c(C(C)C)cc(C(C)C)cc2C(C)C)C[C@H]1c1ccccc1. The van der Waals surface area contributed by atoms with Crippen LogP contribution >= 0.6 is 0 Å². The van der Waals surface area contributed by atoms with Crippen molar-refractivity contribution in [3.8, 4) is 0 Å². The van der Waals surface area contributed by atoms with Gasteiger partial charge in [-0.15, -0.1) is 0 Å². The summed E-state index contributed by atoms with van der Waals surface area (Å²) in [5, 5.41) is 0. The van der Waals surface area contributed by atoms with Gasteiger partial charge in [0.25, 0.3) is 10.0 Å². The van der Waals surface area contributed by atoms with Crippen LogP contribution in [0.5, 0.6) is 0 Å². The maximum absolute atomic E-state index is 14.2. The lowest BCUT2D eigenvalue weighted by molar-refractivity contribution is -0.129. The van der Waals surface area contributed by atoms with Crippen molar-refractivity contribution < 1.29 is 18.0 Å². The fraction of sp³-hybridized carbons (Fsp3) is 0.500. The molecule has 0 saturated carbocycles. The summed E-state index contributed by atoms with van der Waals surface area (Å²) in [5.74, 6) is -0.236. The lowest BCUT2D eigenvalue weighted by atomic mass is 9.89. The van der Waals surface area contributed by atoms with Gasteiger partial charge in [-0.25, -0.2) is 17.5 Å². The van der Waals surface area contributed by atoms with Crippen LogP contribution in [0.1, 0.15) is 107 Å². The molecule has 190 valence electrons. The Morgan fingerprint density at radius 3 is 1.94 bits per heavy atom. The lowest BCUT2D eigenvalue weighted by Gasteiger charge is -2.26. The van der Waals surface area contributed by atoms with Gasteiger partial charge < -0.3 is 0 Å². The number of amides is 3. The summed E-state index contributed by atoms with van der Waals surface area (Å²) < 4.78 is 29.4. The van der Waals surface area contributed by atoms with Crippen molar-refractivity contribution in [3.63, 3.8) is 0 Å². The number of nitrogens with zero attached hydrogens (tertiary/aromatic N) is 2. The van der Waals surface area contributed by atoms with Crippen LogP contribution in [0, 0.1) is 0 Å². The summed E-state index contributed by atoms with van der Waals surface area (Å²) in [5.41, 5.74) is 3.24. The van der Waals surface area contributed by atoms with Gasteiger partial charge in [0.1, 0.15) is 0 Å². The van der Waals surface area contributed by atoms with Crippen LogP contribution in [0.3, 0.4) is 0 Å². The van der Waals surface area contributed by atoms with E-state index in [4.69, 9.17) is 0 Å². The maximum atomic E-state index is 14.2. The van der Waals surface area contributed by atoms with Crippen LogP contribution < -0.4 is 0 Å². The van der Waals surface area contributed by atoms with Crippen LogP contribution in [0.2, 0.25) is 0 Å². The predicted octanol–water partition coefficient (Wildman–Crippen LogP) is 6.55. The Hall–Kier alpha value is -2.67. The molecule has 3 rings (SSSR count). The first kappa shape index (κ1) is 26.9. The molecule has 2 aromatic rings. The van der Waals surface area contributed by atoms with E-state index in [9.17, 15) is 18.0 Å². The van der Waals surface area contributed by atoms with Gasteiger partial charge in [0.15, 0.2) is 0 Å². The van der Waals surface area contributed by atoms with Gasteiger partial charge in [0.2, 0.25) is 5.91 Å². The van der Waals surface area contributed by atoms with Gasteiger partial charge in [-0.2, -0.15) is 0 Å². The molecule has 1 aliphatic heterocycles. The standard InChI is InChI=1S/C28H38N2O4S/c1-8-12-26(31)30-25(21-13-10-9-11-14-21)17-29(28(30)32)35(33,34)27-23(19(4)5)15-22(18(2)3)16-24(27)20(6)7/h9-11,13-16,18-20,25H,8,12,17H2,1-7H3/t25-/m0/s1. The van der Waals surface area contributed by atoms with Gasteiger partial charge >= 0.3 is 6.03 Å². The summed E-state index contributed by atoms with van der Waals surface area (Å²) >= 11 is 0. The minimum Gasteiger partial charge on any atom is -0.274 e. The van der Waals surface area contributed by atoms with E-state index in [2.05, 4.69) is 13.8 Å². The summed E-state index contributed by atoms with van der Waals surface area (Å²) in [6.45, 7) is 13.8. The van der Waals surface area contributed by atoms with Crippen molar-refractivity contribution in [1.29, 1.82) is 0 Å². The zero-order valence-electron chi connectivity index (χ0n) is 21.9. The molecule has 0 spiro atoms. The molecule has 7 heteroatoms. The Kier molecular flexibility index (Phi) is 8.10. The fourth-order valence-electron chi connectivity index (χ4n) is 4.61. The molecular weight excluding hydrogens is 460 g/mol. The number of hydrogen-bond donors (Lipinski definition) is 0. The number of urea groups is 1. The zero-order chi connectivity index (χ0) is 26.1. The third-order valence-electron chi connectivity index (χ3n) is 6.61. The number of benzene rings is 2. The second kappa shape index (κ2) is 10.5. The number of imide groups is 1. The van der Waals surface area contributed by atoms with Crippen molar-refractivity contribution in [1.82, 2.24) is 9.21 Å². The maximum Gasteiger partial charge on any atom is 0.341 e. The number of rotatable bonds is 8. The molecule has 6 nitrogen and oxygen atoms in total. The molecular formula is C28H38N2O4S. The van der Waals surface area contributed by atoms with Crippen molar-refractivity contribution in [2.75, 3.05) is 6.54 Å². The highest BCUT2D eigenvalue weighted by Gasteiger charge is 2.48. The number of carbonyl (C=O) groups excluding carboxylic acids is 2. The van der Waals surface area contributed by atoms with E-state index in [0.717, 1.165) is 20.3 Å². The molecule has 1 aliphatic rings. The molecule has 1 saturated heterocycles. The Labute approximate surface area is 210 Å². The first-order chi connectivity index (χ1) is 16.4. The van der Waals surface area contributed by atoms with Crippen molar-refractivity contribution >= 4 is 22.0 Å². The number of sulfonamides is 1. The van der Waals surface area contributed by atoms with Crippen LogP contribution in [-0.4, -0.2) is 36.1 Å². The smallest absolute Gasteiger partial charge is 0.274 e. The molecule has 2 aromatic carbocycles. The van der Waals surface area contributed by atoms with Crippen LogP contribution in [0.15, 0.2) is 47.4 Å². The van der Waals surface area contributed by atoms with E-state index in [1.807, 2.05) is 77.1 Å². The Morgan fingerprint density at radius 1 is 0.943 bits per heavy atom. The lowest BCUT2D eigenvalue weighted by Crippen LogP contribution is -2.40.